The molecule has 0 aliphatic carbocycles. The number of carbonyl (C=O) groups is 1. The third kappa shape index (κ3) is 3.45. The highest BCUT2D eigenvalue weighted by Crippen LogP contribution is 2.29. The van der Waals surface area contributed by atoms with Crippen molar-refractivity contribution in [3.8, 4) is 17.6 Å². The lowest BCUT2D eigenvalue weighted by Crippen LogP contribution is -2.05. The van der Waals surface area contributed by atoms with Crippen molar-refractivity contribution in [3.63, 3.8) is 0 Å². The Hall–Kier alpha value is -3.50. The fourth-order valence-corrected chi connectivity index (χ4v) is 2.52. The van der Waals surface area contributed by atoms with E-state index < -0.39 is 24.0 Å². The number of carboxylic acids is 1. The smallest absolute Gasteiger partial charge is 0.358 e. The molecule has 0 amide bonds. The highest BCUT2D eigenvalue weighted by atomic mass is 19.1. The summed E-state index contributed by atoms with van der Waals surface area (Å²) in [5, 5.41) is 28.6. The van der Waals surface area contributed by atoms with Crippen LogP contribution >= 0.6 is 0 Å². The van der Waals surface area contributed by atoms with Gasteiger partial charge in [-0.1, -0.05) is 18.1 Å². The highest BCUT2D eigenvalue weighted by Gasteiger charge is 2.19. The quantitative estimate of drug-likeness (QED) is 0.624. The minimum atomic E-state index is -1.41. The number of aliphatic hydroxyl groups excluding tert-OH is 1. The molecule has 3 rings (SSSR count). The number of rotatable bonds is 3. The Balaban J connectivity index is 2.13. The van der Waals surface area contributed by atoms with Crippen LogP contribution in [0.4, 0.5) is 4.39 Å². The molecule has 3 N–H and O–H groups in total. The molecule has 2 aromatic heterocycles. The van der Waals surface area contributed by atoms with Gasteiger partial charge in [0.2, 0.25) is 0 Å². The van der Waals surface area contributed by atoms with Crippen LogP contribution in [0.1, 0.15) is 27.3 Å². The topological polar surface area (TPSA) is 104 Å². The molecule has 0 fully saturated rings. The van der Waals surface area contributed by atoms with Gasteiger partial charge in [-0.05, 0) is 41.7 Å². The van der Waals surface area contributed by atoms with Gasteiger partial charge in [0.05, 0.1) is 0 Å². The molecule has 0 saturated heterocycles. The molecule has 0 atom stereocenters. The van der Waals surface area contributed by atoms with E-state index in [1.165, 1.54) is 18.3 Å². The van der Waals surface area contributed by atoms with Gasteiger partial charge >= 0.3 is 5.97 Å². The fraction of sp³-hybridized carbons (Fsp3) is 0.105. The van der Waals surface area contributed by atoms with E-state index in [0.29, 0.717) is 11.8 Å². The minimum absolute atomic E-state index is 0.0579. The summed E-state index contributed by atoms with van der Waals surface area (Å²) in [5.41, 5.74) is 1.20. The number of aromatic nitrogens is 2. The lowest BCUT2D eigenvalue weighted by molar-refractivity contribution is 0.0687. The van der Waals surface area contributed by atoms with E-state index >= 15 is 0 Å². The van der Waals surface area contributed by atoms with Gasteiger partial charge in [-0.3, -0.25) is 4.98 Å². The van der Waals surface area contributed by atoms with E-state index in [9.17, 15) is 14.3 Å². The molecule has 26 heavy (non-hydrogen) atoms. The van der Waals surface area contributed by atoms with Crippen molar-refractivity contribution in [1.29, 1.82) is 0 Å². The van der Waals surface area contributed by atoms with E-state index in [1.54, 1.807) is 18.2 Å². The summed E-state index contributed by atoms with van der Waals surface area (Å²) in [4.78, 5) is 19.3. The average molecular weight is 352 g/mol. The van der Waals surface area contributed by atoms with Gasteiger partial charge < -0.3 is 15.3 Å². The Morgan fingerprint density at radius 1 is 1.19 bits per heavy atom. The number of carboxylic acid groups (broad SMARTS) is 1. The number of aliphatic hydroxyl groups is 1. The predicted octanol–water partition coefficient (Wildman–Crippen LogP) is 2.11. The standard InChI is InChI=1S/C19H13FN2O4/c20-13-5-3-11(4-6-13)8-12-9-14-15(2-1-7-23)22-17(19(25)26)18(24)16(14)21-10-12/h3-6,9-10,23-24H,7-8H2,(H,25,26). The monoisotopic (exact) mass is 352 g/mol. The van der Waals surface area contributed by atoms with Crippen molar-refractivity contribution in [2.24, 2.45) is 0 Å². The van der Waals surface area contributed by atoms with Gasteiger partial charge in [-0.15, -0.1) is 0 Å². The summed E-state index contributed by atoms with van der Waals surface area (Å²) in [6, 6.07) is 7.69. The maximum atomic E-state index is 13.0. The zero-order valence-electron chi connectivity index (χ0n) is 13.4. The van der Waals surface area contributed by atoms with Crippen molar-refractivity contribution >= 4 is 16.9 Å². The fourth-order valence-electron chi connectivity index (χ4n) is 2.52. The lowest BCUT2D eigenvalue weighted by Gasteiger charge is -2.08. The second-order valence-electron chi connectivity index (χ2n) is 5.47. The number of hydrogen-bond donors (Lipinski definition) is 3. The second kappa shape index (κ2) is 7.17. The number of fused-ring (bicyclic) bond motifs is 1. The number of benzene rings is 1. The molecule has 1 aromatic carbocycles. The first-order valence-electron chi connectivity index (χ1n) is 7.58. The van der Waals surface area contributed by atoms with Gasteiger partial charge in [-0.2, -0.15) is 0 Å². The van der Waals surface area contributed by atoms with Crippen LogP contribution in [-0.2, 0) is 6.42 Å². The molecule has 2 heterocycles. The van der Waals surface area contributed by atoms with Crippen molar-refractivity contribution in [2.75, 3.05) is 6.61 Å². The molecule has 0 bridgehead atoms. The number of aromatic carboxylic acids is 1. The summed E-state index contributed by atoms with van der Waals surface area (Å²) in [5.74, 6) is 2.71. The summed E-state index contributed by atoms with van der Waals surface area (Å²) >= 11 is 0. The molecule has 6 nitrogen and oxygen atoms in total. The molecule has 130 valence electrons. The molecular formula is C19H13FN2O4. The first kappa shape index (κ1) is 17.3. The van der Waals surface area contributed by atoms with Crippen LogP contribution in [0.3, 0.4) is 0 Å². The van der Waals surface area contributed by atoms with E-state index in [0.717, 1.165) is 11.1 Å². The van der Waals surface area contributed by atoms with Gasteiger partial charge in [0.15, 0.2) is 11.4 Å². The highest BCUT2D eigenvalue weighted by molar-refractivity contribution is 5.98. The Morgan fingerprint density at radius 3 is 2.58 bits per heavy atom. The average Bonchev–Trinajstić information content (AvgIpc) is 2.63. The third-order valence-electron chi connectivity index (χ3n) is 3.68. The van der Waals surface area contributed by atoms with E-state index in [2.05, 4.69) is 21.8 Å². The molecule has 0 unspecified atom stereocenters. The molecule has 0 aliphatic rings. The van der Waals surface area contributed by atoms with Gasteiger partial charge in [0.25, 0.3) is 0 Å². The number of hydrogen-bond acceptors (Lipinski definition) is 5. The van der Waals surface area contributed by atoms with Crippen LogP contribution in [0.2, 0.25) is 0 Å². The van der Waals surface area contributed by atoms with Crippen molar-refractivity contribution in [3.05, 3.63) is 64.9 Å². The van der Waals surface area contributed by atoms with Crippen LogP contribution in [0.25, 0.3) is 10.9 Å². The normalized spacial score (nSPS) is 10.4. The van der Waals surface area contributed by atoms with Crippen LogP contribution in [0.5, 0.6) is 5.75 Å². The van der Waals surface area contributed by atoms with Gasteiger partial charge in [0, 0.05) is 11.6 Å². The van der Waals surface area contributed by atoms with E-state index in [-0.39, 0.29) is 17.0 Å². The molecule has 7 heteroatoms. The van der Waals surface area contributed by atoms with Gasteiger partial charge in [0.1, 0.15) is 23.6 Å². The van der Waals surface area contributed by atoms with Crippen LogP contribution < -0.4 is 0 Å². The maximum Gasteiger partial charge on any atom is 0.358 e. The molecular weight excluding hydrogens is 339 g/mol. The van der Waals surface area contributed by atoms with Crippen LogP contribution in [0, 0.1) is 17.7 Å². The molecule has 0 spiro atoms. The second-order valence-corrected chi connectivity index (χ2v) is 5.47. The zero-order chi connectivity index (χ0) is 18.7. The first-order valence-corrected chi connectivity index (χ1v) is 7.58. The summed E-state index contributed by atoms with van der Waals surface area (Å²) < 4.78 is 13.0. The molecule has 0 radical (unpaired) electrons. The Morgan fingerprint density at radius 2 is 1.92 bits per heavy atom. The van der Waals surface area contributed by atoms with Crippen molar-refractivity contribution < 1.29 is 24.5 Å². The Kier molecular flexibility index (Phi) is 4.78. The van der Waals surface area contributed by atoms with Crippen molar-refractivity contribution in [1.82, 2.24) is 9.97 Å². The van der Waals surface area contributed by atoms with E-state index in [1.807, 2.05) is 0 Å². The summed E-state index contributed by atoms with van der Waals surface area (Å²) in [6.07, 6.45) is 1.96. The first-order chi connectivity index (χ1) is 12.5. The number of nitrogens with zero attached hydrogens (tertiary/aromatic N) is 2. The SMILES string of the molecule is O=C(O)c1nc(C#CCO)c2cc(Cc3ccc(F)cc3)cnc2c1O. The maximum absolute atomic E-state index is 13.0. The number of aromatic hydroxyl groups is 1. The lowest BCUT2D eigenvalue weighted by atomic mass is 10.0. The third-order valence-corrected chi connectivity index (χ3v) is 3.68. The van der Waals surface area contributed by atoms with Crippen molar-refractivity contribution in [2.45, 2.75) is 6.42 Å². The number of halogens is 1. The van der Waals surface area contributed by atoms with Crippen LogP contribution in [-0.4, -0.2) is 37.9 Å². The summed E-state index contributed by atoms with van der Waals surface area (Å²) in [7, 11) is 0. The van der Waals surface area contributed by atoms with Crippen LogP contribution in [0.15, 0.2) is 36.5 Å². The Labute approximate surface area is 147 Å². The largest absolute Gasteiger partial charge is 0.504 e. The predicted molar refractivity (Wildman–Crippen MR) is 91.3 cm³/mol. The number of pyridine rings is 2. The zero-order valence-corrected chi connectivity index (χ0v) is 13.4. The van der Waals surface area contributed by atoms with E-state index in [4.69, 9.17) is 10.2 Å². The Bertz CT molecular complexity index is 1050. The summed E-state index contributed by atoms with van der Waals surface area (Å²) in [6.45, 7) is -0.421. The molecule has 0 saturated carbocycles. The molecule has 0 aliphatic heterocycles. The minimum Gasteiger partial charge on any atom is -0.504 e. The molecule has 3 aromatic rings. The van der Waals surface area contributed by atoms with Gasteiger partial charge in [-0.25, -0.2) is 14.2 Å².